The maximum absolute atomic E-state index is 13.1. The number of esters is 1. The van der Waals surface area contributed by atoms with E-state index in [1.807, 2.05) is 12.1 Å². The second-order valence-electron chi connectivity index (χ2n) is 7.43. The largest absolute Gasteiger partial charge is 0.426 e. The molecule has 2 aromatic carbocycles. The highest BCUT2D eigenvalue weighted by Gasteiger charge is 2.33. The molecule has 0 aromatic heterocycles. The van der Waals surface area contributed by atoms with Crippen molar-refractivity contribution in [2.45, 2.75) is 43.9 Å². The minimum atomic E-state index is -3.69. The second kappa shape index (κ2) is 9.05. The summed E-state index contributed by atoms with van der Waals surface area (Å²) in [5.41, 5.74) is 1.20. The van der Waals surface area contributed by atoms with Crippen LogP contribution in [0.3, 0.4) is 0 Å². The Hall–Kier alpha value is -2.25. The Bertz CT molecular complexity index is 934. The molecule has 5 nitrogen and oxygen atoms in total. The second-order valence-corrected chi connectivity index (χ2v) is 9.37. The van der Waals surface area contributed by atoms with E-state index in [0.717, 1.165) is 18.6 Å². The molecule has 1 aliphatic rings. The lowest BCUT2D eigenvalue weighted by molar-refractivity contribution is -0.140. The lowest BCUT2D eigenvalue weighted by atomic mass is 9.98. The zero-order chi connectivity index (χ0) is 21.0. The lowest BCUT2D eigenvalue weighted by Crippen LogP contribution is -2.41. The number of benzene rings is 2. The van der Waals surface area contributed by atoms with E-state index >= 15 is 0 Å². The summed E-state index contributed by atoms with van der Waals surface area (Å²) in [7, 11) is -3.69. The number of halogens is 1. The Labute approximate surface area is 171 Å². The number of ether oxygens (including phenoxy) is 1. The number of rotatable bonds is 6. The van der Waals surface area contributed by atoms with Gasteiger partial charge < -0.3 is 4.74 Å². The van der Waals surface area contributed by atoms with Gasteiger partial charge in [-0.2, -0.15) is 4.31 Å². The molecule has 0 amide bonds. The maximum atomic E-state index is 13.1. The highest BCUT2D eigenvalue weighted by Crippen LogP contribution is 2.26. The van der Waals surface area contributed by atoms with E-state index in [1.54, 1.807) is 12.1 Å². The third-order valence-electron chi connectivity index (χ3n) is 5.52. The fourth-order valence-electron chi connectivity index (χ4n) is 3.39. The first kappa shape index (κ1) is 21.5. The zero-order valence-corrected chi connectivity index (χ0v) is 17.5. The van der Waals surface area contributed by atoms with Gasteiger partial charge in [0.1, 0.15) is 11.6 Å². The topological polar surface area (TPSA) is 63.7 Å². The predicted octanol–water partition coefficient (Wildman–Crippen LogP) is 4.35. The van der Waals surface area contributed by atoms with Crippen molar-refractivity contribution in [1.82, 2.24) is 4.31 Å². The summed E-state index contributed by atoms with van der Waals surface area (Å²) >= 11 is 0. The molecule has 0 N–H and O–H groups in total. The molecular weight excluding hydrogens is 393 g/mol. The molecule has 0 saturated carbocycles. The van der Waals surface area contributed by atoms with Crippen molar-refractivity contribution >= 4 is 16.0 Å². The average Bonchev–Trinajstić information content (AvgIpc) is 2.74. The highest BCUT2D eigenvalue weighted by molar-refractivity contribution is 7.89. The van der Waals surface area contributed by atoms with Crippen molar-refractivity contribution in [3.05, 3.63) is 59.9 Å². The van der Waals surface area contributed by atoms with Crippen LogP contribution in [0.2, 0.25) is 0 Å². The van der Waals surface area contributed by atoms with Crippen molar-refractivity contribution in [2.75, 3.05) is 13.1 Å². The monoisotopic (exact) mass is 419 g/mol. The van der Waals surface area contributed by atoms with Gasteiger partial charge in [0.25, 0.3) is 0 Å². The van der Waals surface area contributed by atoms with Crippen LogP contribution in [0.1, 0.15) is 44.6 Å². The summed E-state index contributed by atoms with van der Waals surface area (Å²) in [4.78, 5) is 12.5. The molecule has 7 heteroatoms. The third-order valence-corrected chi connectivity index (χ3v) is 7.43. The molecule has 156 valence electrons. The summed E-state index contributed by atoms with van der Waals surface area (Å²) < 4.78 is 45.2. The Balaban J connectivity index is 1.57. The number of carbonyl (C=O) groups excluding carboxylic acids is 1. The molecule has 3 rings (SSSR count). The molecule has 0 radical (unpaired) electrons. The molecule has 1 fully saturated rings. The molecule has 29 heavy (non-hydrogen) atoms. The van der Waals surface area contributed by atoms with Gasteiger partial charge in [0.15, 0.2) is 0 Å². The number of nitrogens with zero attached hydrogens (tertiary/aromatic N) is 1. The Kier molecular flexibility index (Phi) is 6.70. The Morgan fingerprint density at radius 1 is 1.10 bits per heavy atom. The maximum Gasteiger partial charge on any atom is 0.314 e. The molecule has 1 atom stereocenters. The Morgan fingerprint density at radius 3 is 2.24 bits per heavy atom. The number of sulfonamides is 1. The molecule has 1 heterocycles. The van der Waals surface area contributed by atoms with Crippen molar-refractivity contribution in [2.24, 2.45) is 5.92 Å². The van der Waals surface area contributed by atoms with Crippen molar-refractivity contribution in [1.29, 1.82) is 0 Å². The minimum Gasteiger partial charge on any atom is -0.426 e. The molecule has 0 aliphatic carbocycles. The zero-order valence-electron chi connectivity index (χ0n) is 16.7. The van der Waals surface area contributed by atoms with Crippen molar-refractivity contribution < 1.29 is 22.3 Å². The number of hydrogen-bond donors (Lipinski definition) is 0. The SMILES string of the molecule is CC[C@H](C)c1ccc(OC(=O)C2CCN(S(=O)(=O)c3ccc(F)cc3)CC2)cc1. The standard InChI is InChI=1S/C22H26FNO4S/c1-3-16(2)17-4-8-20(9-5-17)28-22(25)18-12-14-24(15-13-18)29(26,27)21-10-6-19(23)7-11-21/h4-11,16,18H,3,12-15H2,1-2H3/t16-/m0/s1. The number of hydrogen-bond acceptors (Lipinski definition) is 4. The van der Waals surface area contributed by atoms with Crippen molar-refractivity contribution in [3.63, 3.8) is 0 Å². The normalized spacial score (nSPS) is 17.1. The lowest BCUT2D eigenvalue weighted by Gasteiger charge is -2.30. The molecule has 1 aliphatic heterocycles. The van der Waals surface area contributed by atoms with Gasteiger partial charge in [-0.25, -0.2) is 12.8 Å². The minimum absolute atomic E-state index is 0.0568. The molecule has 2 aromatic rings. The Morgan fingerprint density at radius 2 is 1.69 bits per heavy atom. The predicted molar refractivity (Wildman–Crippen MR) is 109 cm³/mol. The summed E-state index contributed by atoms with van der Waals surface area (Å²) in [6.07, 6.45) is 1.83. The first-order chi connectivity index (χ1) is 13.8. The van der Waals surface area contributed by atoms with Crippen LogP contribution in [0, 0.1) is 11.7 Å². The van der Waals surface area contributed by atoms with Gasteiger partial charge in [-0.1, -0.05) is 26.0 Å². The van der Waals surface area contributed by atoms with E-state index in [-0.39, 0.29) is 29.9 Å². The fourth-order valence-corrected chi connectivity index (χ4v) is 4.86. The fraction of sp³-hybridized carbons (Fsp3) is 0.409. The summed E-state index contributed by atoms with van der Waals surface area (Å²) in [6, 6.07) is 12.3. The molecule has 0 spiro atoms. The van der Waals surface area contributed by atoms with E-state index in [9.17, 15) is 17.6 Å². The van der Waals surface area contributed by atoms with Gasteiger partial charge in [-0.05, 0) is 67.1 Å². The quantitative estimate of drug-likeness (QED) is 0.516. The van der Waals surface area contributed by atoms with E-state index < -0.39 is 15.8 Å². The number of carbonyl (C=O) groups is 1. The van der Waals surface area contributed by atoms with Gasteiger partial charge in [0.05, 0.1) is 10.8 Å². The van der Waals surface area contributed by atoms with Crippen LogP contribution in [0.25, 0.3) is 0 Å². The molecule has 1 saturated heterocycles. The van der Waals surface area contributed by atoms with Gasteiger partial charge in [0, 0.05) is 13.1 Å². The summed E-state index contributed by atoms with van der Waals surface area (Å²) in [5, 5.41) is 0. The molecular formula is C22H26FNO4S. The first-order valence-corrected chi connectivity index (χ1v) is 11.3. The van der Waals surface area contributed by atoms with Gasteiger partial charge in [0.2, 0.25) is 10.0 Å². The van der Waals surface area contributed by atoms with Crippen LogP contribution in [0.5, 0.6) is 5.75 Å². The van der Waals surface area contributed by atoms with E-state index in [4.69, 9.17) is 4.74 Å². The van der Waals surface area contributed by atoms with Gasteiger partial charge >= 0.3 is 5.97 Å². The average molecular weight is 420 g/mol. The number of piperidine rings is 1. The highest BCUT2D eigenvalue weighted by atomic mass is 32.2. The first-order valence-electron chi connectivity index (χ1n) is 9.88. The molecule has 0 unspecified atom stereocenters. The van der Waals surface area contributed by atoms with Crippen LogP contribution < -0.4 is 4.74 Å². The van der Waals surface area contributed by atoms with Crippen LogP contribution in [-0.4, -0.2) is 31.8 Å². The van der Waals surface area contributed by atoms with Crippen LogP contribution >= 0.6 is 0 Å². The van der Waals surface area contributed by atoms with E-state index in [0.29, 0.717) is 24.5 Å². The summed E-state index contributed by atoms with van der Waals surface area (Å²) in [6.45, 7) is 4.73. The van der Waals surface area contributed by atoms with Crippen LogP contribution in [0.4, 0.5) is 4.39 Å². The molecule has 0 bridgehead atoms. The smallest absolute Gasteiger partial charge is 0.314 e. The summed E-state index contributed by atoms with van der Waals surface area (Å²) in [5.74, 6) is -0.206. The van der Waals surface area contributed by atoms with Crippen LogP contribution in [-0.2, 0) is 14.8 Å². The van der Waals surface area contributed by atoms with E-state index in [1.165, 1.54) is 22.0 Å². The third kappa shape index (κ3) is 5.03. The van der Waals surface area contributed by atoms with Crippen LogP contribution in [0.15, 0.2) is 53.4 Å². The van der Waals surface area contributed by atoms with Gasteiger partial charge in [-0.15, -0.1) is 0 Å². The van der Waals surface area contributed by atoms with Gasteiger partial charge in [-0.3, -0.25) is 4.79 Å². The van der Waals surface area contributed by atoms with Crippen molar-refractivity contribution in [3.8, 4) is 5.75 Å². The van der Waals surface area contributed by atoms with E-state index in [2.05, 4.69) is 13.8 Å².